The lowest BCUT2D eigenvalue weighted by molar-refractivity contribution is -0.141. The molecular formula is C21H18O2. The smallest absolute Gasteiger partial charge is 0.318 e. The van der Waals surface area contributed by atoms with E-state index in [-0.39, 0.29) is 0 Å². The number of hydrogen-bond donors (Lipinski definition) is 1. The summed E-state index contributed by atoms with van der Waals surface area (Å²) in [5.41, 5.74) is 2.30. The fraction of sp³-hybridized carbons (Fsp3) is 0.190. The van der Waals surface area contributed by atoms with Gasteiger partial charge < -0.3 is 5.11 Å². The third kappa shape index (κ3) is 3.28. The van der Waals surface area contributed by atoms with Crippen LogP contribution in [-0.4, -0.2) is 11.1 Å². The van der Waals surface area contributed by atoms with Gasteiger partial charge in [0.15, 0.2) is 0 Å². The molecule has 2 heteroatoms. The van der Waals surface area contributed by atoms with E-state index in [4.69, 9.17) is 12.8 Å². The maximum atomic E-state index is 12.0. The third-order valence-corrected chi connectivity index (χ3v) is 4.10. The molecule has 0 aliphatic rings. The quantitative estimate of drug-likeness (QED) is 0.859. The molecule has 2 aromatic rings. The molecule has 0 saturated heterocycles. The highest BCUT2D eigenvalue weighted by atomic mass is 16.4. The number of rotatable bonds is 5. The molecule has 0 spiro atoms. The van der Waals surface area contributed by atoms with E-state index in [1.807, 2.05) is 48.5 Å². The van der Waals surface area contributed by atoms with Crippen molar-refractivity contribution in [2.24, 2.45) is 0 Å². The van der Waals surface area contributed by atoms with Gasteiger partial charge >= 0.3 is 5.97 Å². The van der Waals surface area contributed by atoms with Crippen molar-refractivity contribution >= 4 is 5.97 Å². The molecular weight excluding hydrogens is 284 g/mol. The summed E-state index contributed by atoms with van der Waals surface area (Å²) in [5, 5.41) is 9.82. The number of carboxylic acids is 1. The largest absolute Gasteiger partial charge is 0.480 e. The lowest BCUT2D eigenvalue weighted by atomic mass is 9.76. The van der Waals surface area contributed by atoms with Crippen molar-refractivity contribution in [3.63, 3.8) is 0 Å². The fourth-order valence-corrected chi connectivity index (χ4v) is 2.56. The van der Waals surface area contributed by atoms with E-state index in [9.17, 15) is 9.90 Å². The summed E-state index contributed by atoms with van der Waals surface area (Å²) in [6.07, 6.45) is 11.7. The number of aliphatic carboxylic acids is 1. The van der Waals surface area contributed by atoms with Crippen LogP contribution in [0.3, 0.4) is 0 Å². The SMILES string of the molecule is C#CCc1ccc(C(C)(C(=O)O)c2ccc(CC#C)cc2)cc1. The maximum Gasteiger partial charge on any atom is 0.318 e. The van der Waals surface area contributed by atoms with E-state index < -0.39 is 11.4 Å². The van der Waals surface area contributed by atoms with Crippen LogP contribution < -0.4 is 0 Å². The van der Waals surface area contributed by atoms with Crippen LogP contribution in [0.5, 0.6) is 0 Å². The van der Waals surface area contributed by atoms with Crippen LogP contribution in [0.4, 0.5) is 0 Å². The Balaban J connectivity index is 2.44. The summed E-state index contributed by atoms with van der Waals surface area (Å²) < 4.78 is 0. The van der Waals surface area contributed by atoms with Crippen molar-refractivity contribution < 1.29 is 9.90 Å². The Kier molecular flexibility index (Phi) is 4.89. The molecule has 2 rings (SSSR count). The molecule has 0 atom stereocenters. The zero-order valence-electron chi connectivity index (χ0n) is 13.0. The minimum Gasteiger partial charge on any atom is -0.480 e. The number of carbonyl (C=O) groups is 1. The molecule has 0 unspecified atom stereocenters. The molecule has 1 N–H and O–H groups in total. The maximum absolute atomic E-state index is 12.0. The third-order valence-electron chi connectivity index (χ3n) is 4.10. The first-order valence-electron chi connectivity index (χ1n) is 7.31. The van der Waals surface area contributed by atoms with E-state index in [0.29, 0.717) is 12.8 Å². The van der Waals surface area contributed by atoms with E-state index in [1.165, 1.54) is 0 Å². The van der Waals surface area contributed by atoms with Gasteiger partial charge in [0.25, 0.3) is 0 Å². The molecule has 23 heavy (non-hydrogen) atoms. The standard InChI is InChI=1S/C21H18O2/c1-4-6-16-8-12-18(13-9-16)21(3,20(22)23)19-14-10-17(7-5-2)11-15-19/h1-2,8-15H,6-7H2,3H3,(H,22,23). The Morgan fingerprint density at radius 2 is 1.26 bits per heavy atom. The zero-order chi connectivity index (χ0) is 16.9. The van der Waals surface area contributed by atoms with Gasteiger partial charge in [-0.2, -0.15) is 0 Å². The number of benzene rings is 2. The second kappa shape index (κ2) is 6.86. The topological polar surface area (TPSA) is 37.3 Å². The minimum atomic E-state index is -1.12. The second-order valence-electron chi connectivity index (χ2n) is 5.59. The average molecular weight is 302 g/mol. The highest BCUT2D eigenvalue weighted by molar-refractivity contribution is 5.85. The van der Waals surface area contributed by atoms with Crippen LogP contribution in [0.15, 0.2) is 48.5 Å². The summed E-state index contributed by atoms with van der Waals surface area (Å²) in [6, 6.07) is 14.8. The summed E-state index contributed by atoms with van der Waals surface area (Å²) in [7, 11) is 0. The predicted molar refractivity (Wildman–Crippen MR) is 92.0 cm³/mol. The molecule has 0 amide bonds. The highest BCUT2D eigenvalue weighted by Gasteiger charge is 2.37. The van der Waals surface area contributed by atoms with Crippen LogP contribution in [0, 0.1) is 24.7 Å². The first kappa shape index (κ1) is 16.4. The first-order valence-corrected chi connectivity index (χ1v) is 7.31. The number of hydrogen-bond acceptors (Lipinski definition) is 1. The predicted octanol–water partition coefficient (Wildman–Crippen LogP) is 3.43. The van der Waals surface area contributed by atoms with Gasteiger partial charge in [-0.15, -0.1) is 24.7 Å². The molecule has 2 aromatic carbocycles. The summed E-state index contributed by atoms with van der Waals surface area (Å²) in [5.74, 6) is 4.27. The number of carboxylic acid groups (broad SMARTS) is 1. The van der Waals surface area contributed by atoms with E-state index in [0.717, 1.165) is 22.3 Å². The van der Waals surface area contributed by atoms with Crippen molar-refractivity contribution in [1.29, 1.82) is 0 Å². The average Bonchev–Trinajstić information content (AvgIpc) is 2.56. The zero-order valence-corrected chi connectivity index (χ0v) is 13.0. The van der Waals surface area contributed by atoms with E-state index >= 15 is 0 Å². The van der Waals surface area contributed by atoms with Crippen LogP contribution in [-0.2, 0) is 23.1 Å². The molecule has 114 valence electrons. The Bertz CT molecular complexity index is 709. The Labute approximate surface area is 137 Å². The molecule has 0 fully saturated rings. The Morgan fingerprint density at radius 1 is 0.913 bits per heavy atom. The lowest BCUT2D eigenvalue weighted by Crippen LogP contribution is -2.33. The molecule has 0 heterocycles. The lowest BCUT2D eigenvalue weighted by Gasteiger charge is -2.26. The normalized spacial score (nSPS) is 10.6. The Hall–Kier alpha value is -2.97. The molecule has 0 radical (unpaired) electrons. The van der Waals surface area contributed by atoms with Gasteiger partial charge in [0.2, 0.25) is 0 Å². The number of terminal acetylenes is 2. The van der Waals surface area contributed by atoms with Gasteiger partial charge in [0.05, 0.1) is 0 Å². The molecule has 0 aromatic heterocycles. The highest BCUT2D eigenvalue weighted by Crippen LogP contribution is 2.33. The van der Waals surface area contributed by atoms with Crippen molar-refractivity contribution in [1.82, 2.24) is 0 Å². The van der Waals surface area contributed by atoms with Gasteiger partial charge in [0, 0.05) is 12.8 Å². The summed E-state index contributed by atoms with van der Waals surface area (Å²) >= 11 is 0. The van der Waals surface area contributed by atoms with Crippen LogP contribution in [0.1, 0.15) is 29.2 Å². The van der Waals surface area contributed by atoms with E-state index in [1.54, 1.807) is 6.92 Å². The van der Waals surface area contributed by atoms with Gasteiger partial charge in [-0.25, -0.2) is 0 Å². The van der Waals surface area contributed by atoms with Gasteiger partial charge in [0.1, 0.15) is 5.41 Å². The van der Waals surface area contributed by atoms with Crippen molar-refractivity contribution in [2.75, 3.05) is 0 Å². The molecule has 0 saturated carbocycles. The Morgan fingerprint density at radius 3 is 1.52 bits per heavy atom. The minimum absolute atomic E-state index is 0.533. The van der Waals surface area contributed by atoms with Crippen molar-refractivity contribution in [3.8, 4) is 24.7 Å². The van der Waals surface area contributed by atoms with Crippen molar-refractivity contribution in [2.45, 2.75) is 25.2 Å². The first-order chi connectivity index (χ1) is 11.0. The molecule has 0 bridgehead atoms. The van der Waals surface area contributed by atoms with Gasteiger partial charge in [-0.1, -0.05) is 48.5 Å². The van der Waals surface area contributed by atoms with Crippen LogP contribution in [0.2, 0.25) is 0 Å². The van der Waals surface area contributed by atoms with Crippen molar-refractivity contribution in [3.05, 3.63) is 70.8 Å². The monoisotopic (exact) mass is 302 g/mol. The summed E-state index contributed by atoms with van der Waals surface area (Å²) in [4.78, 5) is 12.0. The van der Waals surface area contributed by atoms with Gasteiger partial charge in [-0.3, -0.25) is 4.79 Å². The second-order valence-corrected chi connectivity index (χ2v) is 5.59. The molecule has 2 nitrogen and oxygen atoms in total. The molecule has 0 aliphatic heterocycles. The van der Waals surface area contributed by atoms with Crippen LogP contribution >= 0.6 is 0 Å². The summed E-state index contributed by atoms with van der Waals surface area (Å²) in [6.45, 7) is 1.71. The molecule has 0 aliphatic carbocycles. The fourth-order valence-electron chi connectivity index (χ4n) is 2.56. The van der Waals surface area contributed by atoms with E-state index in [2.05, 4.69) is 11.8 Å². The van der Waals surface area contributed by atoms with Crippen LogP contribution in [0.25, 0.3) is 0 Å². The van der Waals surface area contributed by atoms with Gasteiger partial charge in [-0.05, 0) is 29.2 Å².